The topological polar surface area (TPSA) is 86.0 Å². The number of aromatic amines is 3. The van der Waals surface area contributed by atoms with E-state index in [9.17, 15) is 0 Å². The van der Waals surface area contributed by atoms with Crippen LogP contribution in [0.15, 0.2) is 54.6 Å². The Balaban J connectivity index is 1.42. The maximum Gasteiger partial charge on any atom is 0.185 e. The van der Waals surface area contributed by atoms with Gasteiger partial charge in [-0.1, -0.05) is 71.0 Å². The van der Waals surface area contributed by atoms with Gasteiger partial charge in [-0.2, -0.15) is 0 Å². The highest BCUT2D eigenvalue weighted by atomic mass is 14.9. The fraction of sp³-hybridized carbons (Fsp3) is 0.105. The maximum absolute atomic E-state index is 4.70. The van der Waals surface area contributed by atoms with E-state index in [-0.39, 0.29) is 0 Å². The molecule has 0 fully saturated rings. The van der Waals surface area contributed by atoms with Crippen molar-refractivity contribution in [3.05, 3.63) is 156 Å². The first kappa shape index (κ1) is 41.2. The Morgan fingerprint density at radius 3 is 1.03 bits per heavy atom. The highest BCUT2D eigenvalue weighted by Crippen LogP contribution is 2.14. The van der Waals surface area contributed by atoms with Crippen molar-refractivity contribution in [2.75, 3.05) is 0 Å². The number of hydrogen-bond acceptors (Lipinski definition) is 3. The van der Waals surface area contributed by atoms with Gasteiger partial charge in [0, 0.05) is 50.1 Å². The minimum Gasteiger partial charge on any atom is -0.324 e. The lowest BCUT2D eigenvalue weighted by Crippen LogP contribution is -1.87. The van der Waals surface area contributed by atoms with Gasteiger partial charge in [0.1, 0.15) is 34.2 Å². The average molecular weight is 799 g/mol. The Hall–Kier alpha value is -9.99. The lowest BCUT2D eigenvalue weighted by atomic mass is 10.1. The Morgan fingerprint density at radius 2 is 0.667 bits per heavy atom. The molecule has 0 aliphatic carbocycles. The zero-order valence-corrected chi connectivity index (χ0v) is 35.0. The molecule has 1 aliphatic heterocycles. The molecule has 0 amide bonds. The number of fused-ring (bicyclic) bond motifs is 12. The van der Waals surface area contributed by atoms with Gasteiger partial charge >= 0.3 is 0 Å². The van der Waals surface area contributed by atoms with E-state index in [0.29, 0.717) is 85.0 Å². The van der Waals surface area contributed by atoms with Crippen LogP contribution in [0, 0.1) is 142 Å². The van der Waals surface area contributed by atoms with Crippen LogP contribution >= 0.6 is 0 Å². The number of nitrogens with one attached hydrogen (secondary N) is 3. The predicted molar refractivity (Wildman–Crippen MR) is 246 cm³/mol. The Kier molecular flexibility index (Phi) is 12.8. The number of nitrogens with zero attached hydrogens (tertiary/aromatic N) is 3. The quantitative estimate of drug-likeness (QED) is 0.148. The fourth-order valence-electron chi connectivity index (χ4n) is 5.97. The van der Waals surface area contributed by atoms with Gasteiger partial charge in [-0.3, -0.25) is 0 Å². The van der Waals surface area contributed by atoms with E-state index in [1.165, 1.54) is 0 Å². The minimum absolute atomic E-state index is 0.400. The molecule has 0 saturated carbocycles. The Bertz CT molecular complexity index is 3710. The number of imidazole rings is 3. The minimum atomic E-state index is 0.400. The highest BCUT2D eigenvalue weighted by molar-refractivity contribution is 5.59. The summed E-state index contributed by atoms with van der Waals surface area (Å²) in [5.74, 6) is 75.7. The molecule has 0 atom stereocenters. The number of aromatic nitrogens is 6. The average Bonchev–Trinajstić information content (AvgIpc) is 3.98. The second-order valence-corrected chi connectivity index (χ2v) is 13.1. The molecule has 0 unspecified atom stereocenters. The molecule has 4 heterocycles. The standard InChI is InChI=1S/C57H30N6/c1-7-13-40-31-43-19-25-52-49(16-10-4)58-55(61-52)28-22-46-34-41(14-8-2)33-45(38-46)21-27-54-51(18-12-6)60-57(63-54)30-24-48-36-42(15-9-3)35-47(39-48)23-29-56-59-50(17-11-5)53(62-56)26-20-44(32-40)37-43/h31-39H,1-6H3,(H,58,61)(H,59,62)(H,60,63). The van der Waals surface area contributed by atoms with E-state index >= 15 is 0 Å². The van der Waals surface area contributed by atoms with Crippen molar-refractivity contribution in [3.8, 4) is 142 Å². The van der Waals surface area contributed by atoms with Crippen molar-refractivity contribution in [1.82, 2.24) is 29.9 Å². The smallest absolute Gasteiger partial charge is 0.185 e. The van der Waals surface area contributed by atoms with Crippen LogP contribution in [-0.2, 0) is 0 Å². The fourth-order valence-corrected chi connectivity index (χ4v) is 5.97. The monoisotopic (exact) mass is 798 g/mol. The van der Waals surface area contributed by atoms with Gasteiger partial charge < -0.3 is 15.0 Å². The van der Waals surface area contributed by atoms with Crippen molar-refractivity contribution >= 4 is 0 Å². The van der Waals surface area contributed by atoms with Gasteiger partial charge in [0.15, 0.2) is 17.5 Å². The van der Waals surface area contributed by atoms with E-state index in [1.54, 1.807) is 41.5 Å². The third-order valence-electron chi connectivity index (χ3n) is 8.42. The molecule has 12 bridgehead atoms. The second-order valence-electron chi connectivity index (χ2n) is 13.1. The molecule has 0 spiro atoms. The first-order chi connectivity index (χ1) is 30.8. The van der Waals surface area contributed by atoms with Crippen molar-refractivity contribution in [2.45, 2.75) is 41.5 Å². The predicted octanol–water partition coefficient (Wildman–Crippen LogP) is 6.80. The van der Waals surface area contributed by atoms with Crippen LogP contribution in [0.1, 0.15) is 143 Å². The van der Waals surface area contributed by atoms with Gasteiger partial charge in [-0.05, 0) is 149 Å². The third kappa shape index (κ3) is 10.7. The molecule has 7 rings (SSSR count). The third-order valence-corrected chi connectivity index (χ3v) is 8.42. The van der Waals surface area contributed by atoms with Crippen LogP contribution in [0.5, 0.6) is 0 Å². The molecule has 6 aromatic rings. The zero-order valence-electron chi connectivity index (χ0n) is 35.0. The van der Waals surface area contributed by atoms with E-state index in [0.717, 1.165) is 16.7 Å². The molecule has 288 valence electrons. The molecule has 6 nitrogen and oxygen atoms in total. The number of benzene rings is 3. The summed E-state index contributed by atoms with van der Waals surface area (Å²) in [4.78, 5) is 23.7. The first-order valence-corrected chi connectivity index (χ1v) is 19.3. The summed E-state index contributed by atoms with van der Waals surface area (Å²) in [5.41, 5.74) is 9.42. The molecule has 0 saturated heterocycles. The zero-order chi connectivity index (χ0) is 44.0. The molecule has 0 radical (unpaired) electrons. The number of rotatable bonds is 0. The summed E-state index contributed by atoms with van der Waals surface area (Å²) >= 11 is 0. The molecular weight excluding hydrogens is 769 g/mol. The van der Waals surface area contributed by atoms with Gasteiger partial charge in [0.2, 0.25) is 0 Å². The lowest BCUT2D eigenvalue weighted by molar-refractivity contribution is 1.24. The molecule has 1 aliphatic rings. The van der Waals surface area contributed by atoms with Crippen molar-refractivity contribution in [1.29, 1.82) is 0 Å². The normalized spacial score (nSPS) is 9.62. The van der Waals surface area contributed by atoms with E-state index in [1.807, 2.05) is 54.6 Å². The van der Waals surface area contributed by atoms with Crippen LogP contribution in [0.25, 0.3) is 0 Å². The summed E-state index contributed by atoms with van der Waals surface area (Å²) in [6.07, 6.45) is 0. The largest absolute Gasteiger partial charge is 0.324 e. The molecule has 3 N–H and O–H groups in total. The summed E-state index contributed by atoms with van der Waals surface area (Å²) in [5, 5.41) is 0. The van der Waals surface area contributed by atoms with Crippen molar-refractivity contribution in [2.24, 2.45) is 0 Å². The first-order valence-electron chi connectivity index (χ1n) is 19.3. The Labute approximate surface area is 368 Å². The van der Waals surface area contributed by atoms with E-state index in [4.69, 9.17) is 9.97 Å². The molecule has 6 heteroatoms. The SMILES string of the molecule is CC#Cc1cc2cc(c1)C#Cc1nc(C#CC)c([nH]1)C#Cc1cc(C#CC)cc(c1)C#Cc1nc([nH]c1C#CC)C#Cc1cc(C#CC)cc(c1)C#Cc1nc([nH]c1C#CC)C#C2. The summed E-state index contributed by atoms with van der Waals surface area (Å²) in [6, 6.07) is 17.1. The lowest BCUT2D eigenvalue weighted by Gasteiger charge is -1.97. The molecule has 3 aromatic heterocycles. The van der Waals surface area contributed by atoms with Gasteiger partial charge in [0.05, 0.1) is 0 Å². The van der Waals surface area contributed by atoms with Gasteiger partial charge in [-0.15, -0.1) is 17.8 Å². The van der Waals surface area contributed by atoms with Crippen LogP contribution in [0.4, 0.5) is 0 Å². The second kappa shape index (κ2) is 19.6. The van der Waals surface area contributed by atoms with Crippen LogP contribution in [0.3, 0.4) is 0 Å². The number of H-pyrrole nitrogens is 3. The van der Waals surface area contributed by atoms with Gasteiger partial charge in [-0.25, -0.2) is 15.0 Å². The highest BCUT2D eigenvalue weighted by Gasteiger charge is 2.09. The van der Waals surface area contributed by atoms with Crippen molar-refractivity contribution < 1.29 is 0 Å². The molecule has 3 aromatic carbocycles. The van der Waals surface area contributed by atoms with E-state index < -0.39 is 0 Å². The van der Waals surface area contributed by atoms with Crippen LogP contribution in [-0.4, -0.2) is 29.9 Å². The maximum atomic E-state index is 4.70. The molecule has 63 heavy (non-hydrogen) atoms. The van der Waals surface area contributed by atoms with Crippen LogP contribution in [0.2, 0.25) is 0 Å². The number of hydrogen-bond donors (Lipinski definition) is 3. The Morgan fingerprint density at radius 1 is 0.333 bits per heavy atom. The van der Waals surface area contributed by atoms with E-state index in [2.05, 4.69) is 162 Å². The summed E-state index contributed by atoms with van der Waals surface area (Å²) < 4.78 is 0. The van der Waals surface area contributed by atoms with Crippen molar-refractivity contribution in [3.63, 3.8) is 0 Å². The summed E-state index contributed by atoms with van der Waals surface area (Å²) in [6.45, 7) is 10.6. The molecular formula is C57H30N6. The van der Waals surface area contributed by atoms with Gasteiger partial charge in [0.25, 0.3) is 0 Å². The summed E-state index contributed by atoms with van der Waals surface area (Å²) in [7, 11) is 0. The van der Waals surface area contributed by atoms with Crippen LogP contribution < -0.4 is 0 Å².